The number of hydrogen-bond acceptors (Lipinski definition) is 6. The average Bonchev–Trinajstić information content (AvgIpc) is 2.72. The molecule has 1 aliphatic heterocycles. The zero-order valence-electron chi connectivity index (χ0n) is 16.2. The lowest BCUT2D eigenvalue weighted by atomic mass is 9.81. The number of ether oxygens (including phenoxy) is 2. The molecule has 0 spiro atoms. The molecule has 6 nitrogen and oxygen atoms in total. The molecule has 1 aliphatic rings. The average molecular weight is 431 g/mol. The van der Waals surface area contributed by atoms with Crippen molar-refractivity contribution in [3.05, 3.63) is 87.1 Å². The van der Waals surface area contributed by atoms with Crippen molar-refractivity contribution in [3.63, 3.8) is 0 Å². The third kappa shape index (κ3) is 3.41. The van der Waals surface area contributed by atoms with Crippen LogP contribution in [0.2, 0.25) is 0 Å². The fourth-order valence-electron chi connectivity index (χ4n) is 3.69. The molecule has 31 heavy (non-hydrogen) atoms. The van der Waals surface area contributed by atoms with Crippen molar-refractivity contribution >= 4 is 16.9 Å². The van der Waals surface area contributed by atoms with Crippen LogP contribution in [0.25, 0.3) is 11.0 Å². The number of alkyl halides is 3. The van der Waals surface area contributed by atoms with Crippen LogP contribution in [0, 0.1) is 0 Å². The molecule has 0 bridgehead atoms. The number of para-hydroxylation sites is 1. The topological polar surface area (TPSA) is 91.8 Å². The molecule has 0 saturated heterocycles. The number of carbonyl (C=O) groups is 1. The molecule has 9 heteroatoms. The molecule has 4 rings (SSSR count). The highest BCUT2D eigenvalue weighted by Crippen LogP contribution is 2.47. The third-order valence-electron chi connectivity index (χ3n) is 4.93. The maximum Gasteiger partial charge on any atom is 0.416 e. The van der Waals surface area contributed by atoms with Gasteiger partial charge in [-0.15, -0.1) is 0 Å². The first-order valence-electron chi connectivity index (χ1n) is 9.30. The number of nitrogens with two attached hydrogens (primary N) is 1. The van der Waals surface area contributed by atoms with Crippen molar-refractivity contribution in [3.8, 4) is 5.75 Å². The summed E-state index contributed by atoms with van der Waals surface area (Å²) in [6, 6.07) is 11.0. The predicted molar refractivity (Wildman–Crippen MR) is 104 cm³/mol. The quantitative estimate of drug-likeness (QED) is 0.497. The van der Waals surface area contributed by atoms with Crippen LogP contribution < -0.4 is 16.1 Å². The zero-order chi connectivity index (χ0) is 22.3. The van der Waals surface area contributed by atoms with Crippen LogP contribution in [0.1, 0.15) is 29.5 Å². The maximum absolute atomic E-state index is 13.8. The molecule has 1 atom stereocenters. The summed E-state index contributed by atoms with van der Waals surface area (Å²) in [6.45, 7) is 1.48. The molecule has 0 fully saturated rings. The van der Waals surface area contributed by atoms with Crippen LogP contribution in [-0.4, -0.2) is 12.6 Å². The van der Waals surface area contributed by atoms with Crippen LogP contribution in [0.5, 0.6) is 5.75 Å². The molecule has 0 radical (unpaired) electrons. The monoisotopic (exact) mass is 431 g/mol. The van der Waals surface area contributed by atoms with Gasteiger partial charge in [-0.05, 0) is 30.7 Å². The number of rotatable bonds is 3. The van der Waals surface area contributed by atoms with Gasteiger partial charge in [0.2, 0.25) is 5.88 Å². The molecule has 0 saturated carbocycles. The molecule has 0 amide bonds. The van der Waals surface area contributed by atoms with Crippen LogP contribution in [0.15, 0.2) is 69.2 Å². The van der Waals surface area contributed by atoms with E-state index in [1.165, 1.54) is 31.2 Å². The first kappa shape index (κ1) is 20.5. The van der Waals surface area contributed by atoms with Crippen molar-refractivity contribution < 1.29 is 31.9 Å². The summed E-state index contributed by atoms with van der Waals surface area (Å²) in [5, 5.41) is 0.331. The van der Waals surface area contributed by atoms with E-state index in [4.69, 9.17) is 19.6 Å². The maximum atomic E-state index is 13.8. The van der Waals surface area contributed by atoms with Crippen LogP contribution in [-0.2, 0) is 15.7 Å². The van der Waals surface area contributed by atoms with E-state index >= 15 is 0 Å². The van der Waals surface area contributed by atoms with Crippen LogP contribution in [0.3, 0.4) is 0 Å². The fourth-order valence-corrected chi connectivity index (χ4v) is 3.69. The van der Waals surface area contributed by atoms with E-state index in [1.54, 1.807) is 18.2 Å². The highest BCUT2D eigenvalue weighted by atomic mass is 19.4. The number of fused-ring (bicyclic) bond motifs is 3. The van der Waals surface area contributed by atoms with Crippen molar-refractivity contribution in [2.75, 3.05) is 6.61 Å². The van der Waals surface area contributed by atoms with Crippen molar-refractivity contribution in [1.82, 2.24) is 0 Å². The van der Waals surface area contributed by atoms with Gasteiger partial charge in [0.05, 0.1) is 29.0 Å². The summed E-state index contributed by atoms with van der Waals surface area (Å²) in [6.07, 6.45) is -4.75. The highest BCUT2D eigenvalue weighted by molar-refractivity contribution is 5.94. The zero-order valence-corrected chi connectivity index (χ0v) is 16.2. The van der Waals surface area contributed by atoms with Gasteiger partial charge in [0.25, 0.3) is 0 Å². The van der Waals surface area contributed by atoms with Gasteiger partial charge in [-0.1, -0.05) is 30.3 Å². The van der Waals surface area contributed by atoms with Gasteiger partial charge in [0, 0.05) is 0 Å². The Kier molecular flexibility index (Phi) is 4.96. The normalized spacial score (nSPS) is 16.1. The third-order valence-corrected chi connectivity index (χ3v) is 4.93. The van der Waals surface area contributed by atoms with E-state index in [-0.39, 0.29) is 29.1 Å². The second-order valence-corrected chi connectivity index (χ2v) is 6.75. The molecule has 160 valence electrons. The van der Waals surface area contributed by atoms with Crippen LogP contribution >= 0.6 is 0 Å². The number of hydrogen-bond donors (Lipinski definition) is 1. The summed E-state index contributed by atoms with van der Waals surface area (Å²) in [7, 11) is 0. The van der Waals surface area contributed by atoms with Gasteiger partial charge in [-0.25, -0.2) is 9.59 Å². The minimum absolute atomic E-state index is 0.0531. The summed E-state index contributed by atoms with van der Waals surface area (Å²) in [5.74, 6) is -2.98. The van der Waals surface area contributed by atoms with E-state index in [9.17, 15) is 22.8 Å². The highest BCUT2D eigenvalue weighted by Gasteiger charge is 2.43. The SMILES string of the molecule is CCOC(=O)C1=C(N)Oc2c(c(=O)oc3ccccc23)[C@@H]1c1ccccc1C(F)(F)F. The first-order valence-corrected chi connectivity index (χ1v) is 9.30. The Hall–Kier alpha value is -3.75. The number of esters is 1. The minimum Gasteiger partial charge on any atom is -0.462 e. The van der Waals surface area contributed by atoms with Gasteiger partial charge < -0.3 is 19.6 Å². The minimum atomic E-state index is -4.75. The Morgan fingerprint density at radius 2 is 1.81 bits per heavy atom. The lowest BCUT2D eigenvalue weighted by Crippen LogP contribution is -2.32. The van der Waals surface area contributed by atoms with E-state index < -0.39 is 40.7 Å². The number of benzene rings is 2. The Balaban J connectivity index is 2.10. The van der Waals surface area contributed by atoms with E-state index in [1.807, 2.05) is 0 Å². The second kappa shape index (κ2) is 7.50. The number of halogens is 3. The van der Waals surface area contributed by atoms with Gasteiger partial charge in [0.1, 0.15) is 11.2 Å². The first-order chi connectivity index (χ1) is 14.7. The molecule has 2 aromatic carbocycles. The van der Waals surface area contributed by atoms with Gasteiger partial charge in [0.15, 0.2) is 5.75 Å². The van der Waals surface area contributed by atoms with E-state index in [2.05, 4.69) is 0 Å². The Labute approximate surface area is 173 Å². The van der Waals surface area contributed by atoms with Crippen molar-refractivity contribution in [2.45, 2.75) is 19.0 Å². The second-order valence-electron chi connectivity index (χ2n) is 6.75. The smallest absolute Gasteiger partial charge is 0.416 e. The van der Waals surface area contributed by atoms with E-state index in [0.29, 0.717) is 5.39 Å². The summed E-state index contributed by atoms with van der Waals surface area (Å²) < 4.78 is 57.4. The lowest BCUT2D eigenvalue weighted by molar-refractivity contribution is -0.140. The van der Waals surface area contributed by atoms with Crippen molar-refractivity contribution in [1.29, 1.82) is 0 Å². The molecule has 1 aromatic heterocycles. The Bertz CT molecular complexity index is 1280. The molecular weight excluding hydrogens is 415 g/mol. The largest absolute Gasteiger partial charge is 0.462 e. The number of carbonyl (C=O) groups excluding carboxylic acids is 1. The Morgan fingerprint density at radius 3 is 2.52 bits per heavy atom. The molecule has 3 aromatic rings. The summed E-state index contributed by atoms with van der Waals surface area (Å²) >= 11 is 0. The molecule has 0 unspecified atom stereocenters. The summed E-state index contributed by atoms with van der Waals surface area (Å²) in [5.41, 5.74) is 3.21. The van der Waals surface area contributed by atoms with Gasteiger partial charge in [-0.2, -0.15) is 13.2 Å². The van der Waals surface area contributed by atoms with Gasteiger partial charge >= 0.3 is 17.8 Å². The predicted octanol–water partition coefficient (Wildman–Crippen LogP) is 4.07. The standard InChI is InChI=1S/C22H16F3NO5/c1-2-29-20(27)17-15(11-7-3-5-9-13(11)22(23,24)25)16-18(31-19(17)26)12-8-4-6-10-14(12)30-21(16)28/h3-10,15H,2,26H2,1H3/t15-/m0/s1. The lowest BCUT2D eigenvalue weighted by Gasteiger charge is -2.29. The molecular formula is C22H16F3NO5. The Morgan fingerprint density at radius 1 is 1.13 bits per heavy atom. The van der Waals surface area contributed by atoms with Crippen LogP contribution in [0.4, 0.5) is 13.2 Å². The van der Waals surface area contributed by atoms with Gasteiger partial charge in [-0.3, -0.25) is 0 Å². The fraction of sp³-hybridized carbons (Fsp3) is 0.182. The molecule has 0 aliphatic carbocycles. The van der Waals surface area contributed by atoms with E-state index in [0.717, 1.165) is 6.07 Å². The molecule has 2 N–H and O–H groups in total. The van der Waals surface area contributed by atoms with Crippen molar-refractivity contribution in [2.24, 2.45) is 5.73 Å². The summed E-state index contributed by atoms with van der Waals surface area (Å²) in [4.78, 5) is 25.6. The molecule has 2 heterocycles.